The SMILES string of the molecule is CCc1nn(CC)c(CSCc2ccccc2Cl)c1Br. The van der Waals surface area contributed by atoms with Crippen LogP contribution in [-0.4, -0.2) is 9.78 Å². The zero-order valence-electron chi connectivity index (χ0n) is 11.7. The molecule has 0 unspecified atom stereocenters. The predicted molar refractivity (Wildman–Crippen MR) is 91.4 cm³/mol. The number of aryl methyl sites for hydroxylation is 2. The van der Waals surface area contributed by atoms with E-state index in [9.17, 15) is 0 Å². The van der Waals surface area contributed by atoms with E-state index < -0.39 is 0 Å². The summed E-state index contributed by atoms with van der Waals surface area (Å²) in [6, 6.07) is 8.02. The summed E-state index contributed by atoms with van der Waals surface area (Å²) in [6.07, 6.45) is 0.954. The minimum Gasteiger partial charge on any atom is -0.268 e. The lowest BCUT2D eigenvalue weighted by molar-refractivity contribution is 0.627. The van der Waals surface area contributed by atoms with Gasteiger partial charge in [0, 0.05) is 23.1 Å². The third-order valence-corrected chi connectivity index (χ3v) is 5.43. The molecule has 20 heavy (non-hydrogen) atoms. The second-order valence-electron chi connectivity index (χ2n) is 4.46. The van der Waals surface area contributed by atoms with Crippen LogP contribution in [0.4, 0.5) is 0 Å². The molecule has 1 heterocycles. The van der Waals surface area contributed by atoms with E-state index in [1.165, 1.54) is 11.3 Å². The van der Waals surface area contributed by atoms with Crippen molar-refractivity contribution >= 4 is 39.3 Å². The second-order valence-corrected chi connectivity index (χ2v) is 6.65. The summed E-state index contributed by atoms with van der Waals surface area (Å²) >= 11 is 11.7. The van der Waals surface area contributed by atoms with Gasteiger partial charge in [0.25, 0.3) is 0 Å². The van der Waals surface area contributed by atoms with Gasteiger partial charge >= 0.3 is 0 Å². The van der Waals surface area contributed by atoms with Gasteiger partial charge in [-0.05, 0) is 40.9 Å². The van der Waals surface area contributed by atoms with Gasteiger partial charge in [-0.3, -0.25) is 4.68 Å². The van der Waals surface area contributed by atoms with E-state index in [2.05, 4.69) is 45.6 Å². The number of hydrogen-bond donors (Lipinski definition) is 0. The molecule has 108 valence electrons. The third-order valence-electron chi connectivity index (χ3n) is 3.15. The highest BCUT2D eigenvalue weighted by Crippen LogP contribution is 2.28. The van der Waals surface area contributed by atoms with Gasteiger partial charge < -0.3 is 0 Å². The van der Waals surface area contributed by atoms with Crippen LogP contribution >= 0.6 is 39.3 Å². The van der Waals surface area contributed by atoms with E-state index in [1.807, 2.05) is 30.0 Å². The molecule has 0 saturated carbocycles. The Morgan fingerprint density at radius 3 is 2.65 bits per heavy atom. The highest BCUT2D eigenvalue weighted by atomic mass is 79.9. The minimum atomic E-state index is 0.845. The summed E-state index contributed by atoms with van der Waals surface area (Å²) in [7, 11) is 0. The van der Waals surface area contributed by atoms with Crippen LogP contribution in [0.15, 0.2) is 28.7 Å². The second kappa shape index (κ2) is 7.53. The van der Waals surface area contributed by atoms with Gasteiger partial charge in [0.05, 0.1) is 15.9 Å². The first-order chi connectivity index (χ1) is 9.67. The zero-order valence-corrected chi connectivity index (χ0v) is 14.9. The fourth-order valence-electron chi connectivity index (χ4n) is 2.03. The van der Waals surface area contributed by atoms with Crippen molar-refractivity contribution in [3.05, 3.63) is 50.7 Å². The molecular formula is C15H18BrClN2S. The van der Waals surface area contributed by atoms with Gasteiger partial charge in [-0.25, -0.2) is 0 Å². The summed E-state index contributed by atoms with van der Waals surface area (Å²) in [5, 5.41) is 5.47. The van der Waals surface area contributed by atoms with Crippen molar-refractivity contribution < 1.29 is 0 Å². The summed E-state index contributed by atoms with van der Waals surface area (Å²) < 4.78 is 3.25. The van der Waals surface area contributed by atoms with Crippen molar-refractivity contribution in [2.24, 2.45) is 0 Å². The van der Waals surface area contributed by atoms with E-state index in [4.69, 9.17) is 11.6 Å². The molecule has 0 N–H and O–H groups in total. The summed E-state index contributed by atoms with van der Waals surface area (Å²) in [4.78, 5) is 0. The van der Waals surface area contributed by atoms with Gasteiger partial charge in [0.2, 0.25) is 0 Å². The third kappa shape index (κ3) is 3.60. The molecule has 0 radical (unpaired) electrons. The quantitative estimate of drug-likeness (QED) is 0.682. The van der Waals surface area contributed by atoms with E-state index >= 15 is 0 Å². The Kier molecular flexibility index (Phi) is 6.00. The molecule has 5 heteroatoms. The van der Waals surface area contributed by atoms with Gasteiger partial charge in [0.15, 0.2) is 0 Å². The van der Waals surface area contributed by atoms with Gasteiger partial charge in [0.1, 0.15) is 0 Å². The fraction of sp³-hybridized carbons (Fsp3) is 0.400. The van der Waals surface area contributed by atoms with Crippen LogP contribution in [0.3, 0.4) is 0 Å². The number of aromatic nitrogens is 2. The van der Waals surface area contributed by atoms with Crippen molar-refractivity contribution in [2.45, 2.75) is 38.3 Å². The Labute approximate surface area is 138 Å². The van der Waals surface area contributed by atoms with Crippen molar-refractivity contribution in [3.8, 4) is 0 Å². The molecule has 0 bridgehead atoms. The normalized spacial score (nSPS) is 11.0. The molecule has 1 aromatic carbocycles. The van der Waals surface area contributed by atoms with Crippen LogP contribution in [0.25, 0.3) is 0 Å². The number of nitrogens with zero attached hydrogens (tertiary/aromatic N) is 2. The molecule has 0 fully saturated rings. The molecule has 2 aromatic rings. The maximum atomic E-state index is 6.18. The molecule has 2 nitrogen and oxygen atoms in total. The monoisotopic (exact) mass is 372 g/mol. The molecule has 0 aliphatic rings. The number of benzene rings is 1. The maximum Gasteiger partial charge on any atom is 0.0767 e. The number of thioether (sulfide) groups is 1. The molecular weight excluding hydrogens is 356 g/mol. The molecule has 0 amide bonds. The smallest absolute Gasteiger partial charge is 0.0767 e. The van der Waals surface area contributed by atoms with Crippen LogP contribution in [0.5, 0.6) is 0 Å². The molecule has 2 rings (SSSR count). The summed E-state index contributed by atoms with van der Waals surface area (Å²) in [5.74, 6) is 1.86. The lowest BCUT2D eigenvalue weighted by Gasteiger charge is -2.06. The Balaban J connectivity index is 2.04. The highest BCUT2D eigenvalue weighted by molar-refractivity contribution is 9.10. The lowest BCUT2D eigenvalue weighted by Crippen LogP contribution is -2.02. The van der Waals surface area contributed by atoms with Crippen LogP contribution in [0, 0.1) is 0 Å². The predicted octanol–water partition coefficient (Wildman–Crippen LogP) is 5.31. The molecule has 1 aromatic heterocycles. The number of hydrogen-bond acceptors (Lipinski definition) is 2. The zero-order chi connectivity index (χ0) is 14.5. The average molecular weight is 374 g/mol. The molecule has 0 atom stereocenters. The Morgan fingerprint density at radius 1 is 1.25 bits per heavy atom. The molecule has 0 saturated heterocycles. The van der Waals surface area contributed by atoms with Gasteiger partial charge in [-0.15, -0.1) is 0 Å². The van der Waals surface area contributed by atoms with Crippen LogP contribution < -0.4 is 0 Å². The highest BCUT2D eigenvalue weighted by Gasteiger charge is 2.13. The van der Waals surface area contributed by atoms with E-state index in [-0.39, 0.29) is 0 Å². The largest absolute Gasteiger partial charge is 0.268 e. The topological polar surface area (TPSA) is 17.8 Å². The number of halogens is 2. The Morgan fingerprint density at radius 2 is 2.00 bits per heavy atom. The van der Waals surface area contributed by atoms with Crippen molar-refractivity contribution in [3.63, 3.8) is 0 Å². The molecule has 0 spiro atoms. The summed E-state index contributed by atoms with van der Waals surface area (Å²) in [6.45, 7) is 5.16. The van der Waals surface area contributed by atoms with Gasteiger partial charge in [-0.1, -0.05) is 36.7 Å². The first kappa shape index (κ1) is 15.9. The van der Waals surface area contributed by atoms with Crippen LogP contribution in [0.1, 0.15) is 30.8 Å². The van der Waals surface area contributed by atoms with E-state index in [0.29, 0.717) is 0 Å². The Bertz CT molecular complexity index is 583. The van der Waals surface area contributed by atoms with Crippen molar-refractivity contribution in [1.29, 1.82) is 0 Å². The lowest BCUT2D eigenvalue weighted by atomic mass is 10.2. The van der Waals surface area contributed by atoms with Gasteiger partial charge in [-0.2, -0.15) is 16.9 Å². The Hall–Kier alpha value is -0.450. The summed E-state index contributed by atoms with van der Waals surface area (Å²) in [5.41, 5.74) is 3.59. The van der Waals surface area contributed by atoms with E-state index in [1.54, 1.807) is 0 Å². The van der Waals surface area contributed by atoms with E-state index in [0.717, 1.165) is 39.7 Å². The minimum absolute atomic E-state index is 0.845. The maximum absolute atomic E-state index is 6.18. The van der Waals surface area contributed by atoms with Crippen molar-refractivity contribution in [1.82, 2.24) is 9.78 Å². The van der Waals surface area contributed by atoms with Crippen LogP contribution in [0.2, 0.25) is 5.02 Å². The first-order valence-electron chi connectivity index (χ1n) is 6.72. The first-order valence-corrected chi connectivity index (χ1v) is 9.05. The number of rotatable bonds is 6. The fourth-order valence-corrected chi connectivity index (χ4v) is 4.26. The van der Waals surface area contributed by atoms with Crippen LogP contribution in [-0.2, 0) is 24.5 Å². The standard InChI is InChI=1S/C15H18BrClN2S/c1-3-13-15(16)14(19(4-2)18-13)10-20-9-11-7-5-6-8-12(11)17/h5-8H,3-4,9-10H2,1-2H3. The molecule has 0 aliphatic carbocycles. The average Bonchev–Trinajstić information content (AvgIpc) is 2.77. The van der Waals surface area contributed by atoms with Crippen molar-refractivity contribution in [2.75, 3.05) is 0 Å². The molecule has 0 aliphatic heterocycles.